The maximum Gasteiger partial charge on any atom is 0.0371 e. The summed E-state index contributed by atoms with van der Waals surface area (Å²) in [4.78, 5) is 4.76. The summed E-state index contributed by atoms with van der Waals surface area (Å²) in [6.07, 6.45) is 2.40. The molecule has 0 saturated carbocycles. The van der Waals surface area contributed by atoms with Gasteiger partial charge in [0, 0.05) is 45.0 Å². The maximum absolute atomic E-state index is 3.60. The van der Waals surface area contributed by atoms with Gasteiger partial charge < -0.3 is 15.1 Å². The summed E-state index contributed by atoms with van der Waals surface area (Å²) in [7, 11) is 4.39. The molecule has 1 unspecified atom stereocenters. The molecule has 1 aromatic rings. The second-order valence-electron chi connectivity index (χ2n) is 5.71. The molecule has 19 heavy (non-hydrogen) atoms. The van der Waals surface area contributed by atoms with Gasteiger partial charge in [0.25, 0.3) is 0 Å². The third-order valence-electron chi connectivity index (χ3n) is 3.87. The van der Waals surface area contributed by atoms with Crippen molar-refractivity contribution in [1.29, 1.82) is 0 Å². The fraction of sp³-hybridized carbons (Fsp3) is 0.625. The second kappa shape index (κ2) is 6.92. The van der Waals surface area contributed by atoms with Crippen LogP contribution in [0.25, 0.3) is 0 Å². The molecule has 0 amide bonds. The van der Waals surface area contributed by atoms with Crippen molar-refractivity contribution in [2.75, 3.05) is 45.2 Å². The second-order valence-corrected chi connectivity index (χ2v) is 5.71. The summed E-state index contributed by atoms with van der Waals surface area (Å²) >= 11 is 0. The van der Waals surface area contributed by atoms with Crippen molar-refractivity contribution in [2.24, 2.45) is 0 Å². The minimum atomic E-state index is 0.569. The number of nitrogens with one attached hydrogen (secondary N) is 1. The molecular weight excluding hydrogens is 234 g/mol. The molecule has 0 spiro atoms. The molecule has 1 aliphatic heterocycles. The van der Waals surface area contributed by atoms with E-state index in [1.54, 1.807) is 0 Å². The van der Waals surface area contributed by atoms with Gasteiger partial charge in [-0.05, 0) is 31.2 Å². The van der Waals surface area contributed by atoms with E-state index in [0.717, 1.165) is 26.2 Å². The summed E-state index contributed by atoms with van der Waals surface area (Å²) in [5.74, 6) is 0. The molecule has 1 heterocycles. The van der Waals surface area contributed by atoms with Gasteiger partial charge in [0.1, 0.15) is 0 Å². The molecule has 0 bridgehead atoms. The molecule has 0 radical (unpaired) electrons. The number of hydrogen-bond donors (Lipinski definition) is 1. The van der Waals surface area contributed by atoms with Gasteiger partial charge in [-0.2, -0.15) is 0 Å². The summed E-state index contributed by atoms with van der Waals surface area (Å²) in [5.41, 5.74) is 2.75. The van der Waals surface area contributed by atoms with Crippen LogP contribution in [0.2, 0.25) is 0 Å². The fourth-order valence-electron chi connectivity index (χ4n) is 2.76. The molecule has 1 saturated heterocycles. The predicted octanol–water partition coefficient (Wildman–Crippen LogP) is 1.98. The molecule has 3 nitrogen and oxygen atoms in total. The Morgan fingerprint density at radius 2 is 2.05 bits per heavy atom. The molecule has 2 rings (SSSR count). The van der Waals surface area contributed by atoms with E-state index in [1.165, 1.54) is 24.1 Å². The molecule has 1 N–H and O–H groups in total. The van der Waals surface area contributed by atoms with Gasteiger partial charge in [0.2, 0.25) is 0 Å². The van der Waals surface area contributed by atoms with E-state index in [2.05, 4.69) is 60.4 Å². The Morgan fingerprint density at radius 1 is 1.32 bits per heavy atom. The average molecular weight is 261 g/mol. The van der Waals surface area contributed by atoms with Gasteiger partial charge in [0.05, 0.1) is 0 Å². The minimum absolute atomic E-state index is 0.569. The van der Waals surface area contributed by atoms with Gasteiger partial charge >= 0.3 is 0 Å². The third kappa shape index (κ3) is 4.22. The van der Waals surface area contributed by atoms with Crippen molar-refractivity contribution >= 4 is 5.69 Å². The first-order valence-corrected chi connectivity index (χ1v) is 7.41. The molecule has 3 heteroatoms. The lowest BCUT2D eigenvalue weighted by Gasteiger charge is -2.34. The SMILES string of the molecule is CCCc1ccc(N(C)CC2CN(C)CCN2)cc1. The topological polar surface area (TPSA) is 18.5 Å². The van der Waals surface area contributed by atoms with Crippen LogP contribution in [-0.2, 0) is 6.42 Å². The van der Waals surface area contributed by atoms with Gasteiger partial charge in [-0.3, -0.25) is 0 Å². The number of anilines is 1. The largest absolute Gasteiger partial charge is 0.373 e. The Hall–Kier alpha value is -1.06. The zero-order valence-corrected chi connectivity index (χ0v) is 12.5. The molecule has 1 aromatic carbocycles. The van der Waals surface area contributed by atoms with Crippen molar-refractivity contribution in [2.45, 2.75) is 25.8 Å². The van der Waals surface area contributed by atoms with Crippen LogP contribution in [0.15, 0.2) is 24.3 Å². The monoisotopic (exact) mass is 261 g/mol. The Morgan fingerprint density at radius 3 is 2.68 bits per heavy atom. The number of nitrogens with zero attached hydrogens (tertiary/aromatic N) is 2. The first-order valence-electron chi connectivity index (χ1n) is 7.41. The molecule has 106 valence electrons. The van der Waals surface area contributed by atoms with Crippen LogP contribution in [0.5, 0.6) is 0 Å². The zero-order valence-electron chi connectivity index (χ0n) is 12.5. The Kier molecular flexibility index (Phi) is 5.23. The summed E-state index contributed by atoms with van der Waals surface area (Å²) in [6.45, 7) is 6.69. The van der Waals surface area contributed by atoms with E-state index in [1.807, 2.05) is 0 Å². The highest BCUT2D eigenvalue weighted by atomic mass is 15.2. The van der Waals surface area contributed by atoms with Crippen molar-refractivity contribution < 1.29 is 0 Å². The molecule has 1 aliphatic rings. The highest BCUT2D eigenvalue weighted by Gasteiger charge is 2.17. The van der Waals surface area contributed by atoms with Crippen molar-refractivity contribution in [3.05, 3.63) is 29.8 Å². The van der Waals surface area contributed by atoms with Crippen LogP contribution in [0.4, 0.5) is 5.69 Å². The highest BCUT2D eigenvalue weighted by Crippen LogP contribution is 2.15. The molecule has 1 atom stereocenters. The van der Waals surface area contributed by atoms with Crippen LogP contribution in [0.3, 0.4) is 0 Å². The van der Waals surface area contributed by atoms with E-state index in [-0.39, 0.29) is 0 Å². The Bertz CT molecular complexity index is 374. The van der Waals surface area contributed by atoms with E-state index < -0.39 is 0 Å². The third-order valence-corrected chi connectivity index (χ3v) is 3.87. The highest BCUT2D eigenvalue weighted by molar-refractivity contribution is 5.47. The van der Waals surface area contributed by atoms with Crippen molar-refractivity contribution in [3.8, 4) is 0 Å². The fourth-order valence-corrected chi connectivity index (χ4v) is 2.76. The van der Waals surface area contributed by atoms with Crippen LogP contribution < -0.4 is 10.2 Å². The number of benzene rings is 1. The average Bonchev–Trinajstić information content (AvgIpc) is 2.40. The Labute approximate surface area is 117 Å². The first-order chi connectivity index (χ1) is 9.19. The molecule has 0 aliphatic carbocycles. The van der Waals surface area contributed by atoms with Crippen LogP contribution in [0.1, 0.15) is 18.9 Å². The lowest BCUT2D eigenvalue weighted by molar-refractivity contribution is 0.241. The number of likely N-dealkylation sites (N-methyl/N-ethyl adjacent to an activating group) is 2. The number of aryl methyl sites for hydroxylation is 1. The van der Waals surface area contributed by atoms with Crippen LogP contribution >= 0.6 is 0 Å². The van der Waals surface area contributed by atoms with Gasteiger partial charge in [-0.25, -0.2) is 0 Å². The number of rotatable bonds is 5. The number of hydrogen-bond acceptors (Lipinski definition) is 3. The molecule has 1 fully saturated rings. The lowest BCUT2D eigenvalue weighted by atomic mass is 10.1. The standard InChI is InChI=1S/C16H27N3/c1-4-5-14-6-8-16(9-7-14)19(3)13-15-12-18(2)11-10-17-15/h6-9,15,17H,4-5,10-13H2,1-3H3. The zero-order chi connectivity index (χ0) is 13.7. The van der Waals surface area contributed by atoms with Gasteiger partial charge in [-0.1, -0.05) is 25.5 Å². The number of piperazine rings is 1. The maximum atomic E-state index is 3.60. The minimum Gasteiger partial charge on any atom is -0.373 e. The van der Waals surface area contributed by atoms with E-state index in [0.29, 0.717) is 6.04 Å². The summed E-state index contributed by atoms with van der Waals surface area (Å²) < 4.78 is 0. The summed E-state index contributed by atoms with van der Waals surface area (Å²) in [5, 5.41) is 3.60. The first kappa shape index (κ1) is 14.4. The van der Waals surface area contributed by atoms with Gasteiger partial charge in [-0.15, -0.1) is 0 Å². The van der Waals surface area contributed by atoms with E-state index in [9.17, 15) is 0 Å². The van der Waals surface area contributed by atoms with Crippen LogP contribution in [0, 0.1) is 0 Å². The van der Waals surface area contributed by atoms with Crippen molar-refractivity contribution in [3.63, 3.8) is 0 Å². The smallest absolute Gasteiger partial charge is 0.0371 e. The van der Waals surface area contributed by atoms with E-state index in [4.69, 9.17) is 0 Å². The summed E-state index contributed by atoms with van der Waals surface area (Å²) in [6, 6.07) is 9.58. The normalized spacial score (nSPS) is 20.5. The van der Waals surface area contributed by atoms with Crippen LogP contribution in [-0.4, -0.2) is 51.2 Å². The quantitative estimate of drug-likeness (QED) is 0.874. The predicted molar refractivity (Wildman–Crippen MR) is 83.0 cm³/mol. The molecule has 0 aromatic heterocycles. The molecular formula is C16H27N3. The Balaban J connectivity index is 1.89. The van der Waals surface area contributed by atoms with Crippen molar-refractivity contribution in [1.82, 2.24) is 10.2 Å². The van der Waals surface area contributed by atoms with Gasteiger partial charge in [0.15, 0.2) is 0 Å². The van der Waals surface area contributed by atoms with E-state index >= 15 is 0 Å². The lowest BCUT2D eigenvalue weighted by Crippen LogP contribution is -2.53.